The fraction of sp³-hybridized carbons (Fsp3) is 0.167. The molecule has 70 valence electrons. The molecule has 0 spiro atoms. The molecule has 13 heavy (non-hydrogen) atoms. The molecule has 0 aliphatic heterocycles. The zero-order valence-corrected chi connectivity index (χ0v) is 8.61. The van der Waals surface area contributed by atoms with E-state index in [4.69, 9.17) is 0 Å². The zero-order chi connectivity index (χ0) is 10.0. The summed E-state index contributed by atoms with van der Waals surface area (Å²) in [5.41, 5.74) is -0.727. The quantitative estimate of drug-likeness (QED) is 0.474. The smallest absolute Gasteiger partial charge is 0.367 e. The minimum Gasteiger partial charge on any atom is -0.476 e. The predicted molar refractivity (Wildman–Crippen MR) is 50.1 cm³/mol. The maximum absolute atomic E-state index is 13.1. The van der Waals surface area contributed by atoms with E-state index < -0.39 is 16.4 Å². The molecule has 1 aromatic rings. The first kappa shape index (κ1) is 10.1. The topological polar surface area (TPSA) is 65.3 Å². The minimum atomic E-state index is -0.919. The number of hydrogen-bond donors (Lipinski definition) is 0. The van der Waals surface area contributed by atoms with Gasteiger partial charge in [-0.25, -0.2) is 4.98 Å². The third-order valence-electron chi connectivity index (χ3n) is 1.29. The second-order valence-electron chi connectivity index (χ2n) is 2.04. The molecule has 0 N–H and O–H groups in total. The van der Waals surface area contributed by atoms with Crippen molar-refractivity contribution in [1.82, 2.24) is 4.98 Å². The maximum Gasteiger partial charge on any atom is 0.367 e. The van der Waals surface area contributed by atoms with Crippen LogP contribution in [0.5, 0.6) is 5.88 Å². The molecule has 0 saturated heterocycles. The average Bonchev–Trinajstić information content (AvgIpc) is 2.08. The summed E-state index contributed by atoms with van der Waals surface area (Å²) in [6.07, 6.45) is 1.17. The summed E-state index contributed by atoms with van der Waals surface area (Å²) in [6, 6.07) is 0. The van der Waals surface area contributed by atoms with Crippen LogP contribution in [0.1, 0.15) is 0 Å². The average molecular weight is 298 g/mol. The maximum atomic E-state index is 13.1. The van der Waals surface area contributed by atoms with Gasteiger partial charge in [-0.15, -0.1) is 0 Å². The monoisotopic (exact) mass is 298 g/mol. The van der Waals surface area contributed by atoms with Crippen LogP contribution in [-0.4, -0.2) is 17.0 Å². The molecule has 1 rings (SSSR count). The van der Waals surface area contributed by atoms with E-state index in [1.807, 2.05) is 0 Å². The van der Waals surface area contributed by atoms with E-state index in [0.29, 0.717) is 0 Å². The number of nitro groups is 1. The van der Waals surface area contributed by atoms with E-state index in [1.165, 1.54) is 13.3 Å². The Morgan fingerprint density at radius 2 is 2.38 bits per heavy atom. The van der Waals surface area contributed by atoms with Crippen molar-refractivity contribution in [1.29, 1.82) is 0 Å². The summed E-state index contributed by atoms with van der Waals surface area (Å²) >= 11 is 1.62. The fourth-order valence-electron chi connectivity index (χ4n) is 0.748. The van der Waals surface area contributed by atoms with E-state index in [9.17, 15) is 14.5 Å². The lowest BCUT2D eigenvalue weighted by Gasteiger charge is -2.01. The highest BCUT2D eigenvalue weighted by atomic mass is 127. The molecule has 0 fully saturated rings. The highest BCUT2D eigenvalue weighted by Gasteiger charge is 2.24. The van der Waals surface area contributed by atoms with Gasteiger partial charge < -0.3 is 4.74 Å². The van der Waals surface area contributed by atoms with Crippen molar-refractivity contribution in [3.05, 3.63) is 25.7 Å². The fourth-order valence-corrected chi connectivity index (χ4v) is 1.14. The van der Waals surface area contributed by atoms with Gasteiger partial charge in [0.15, 0.2) is 0 Å². The SMILES string of the molecule is COc1ncc(I)c(F)c1[N+](=O)[O-]. The number of halogens is 2. The molecule has 0 amide bonds. The zero-order valence-electron chi connectivity index (χ0n) is 6.45. The molecular formula is C6H4FIN2O3. The Labute approximate surface area is 86.2 Å². The molecule has 7 heteroatoms. The van der Waals surface area contributed by atoms with Crippen LogP contribution in [0, 0.1) is 19.5 Å². The lowest BCUT2D eigenvalue weighted by Crippen LogP contribution is -2.01. The van der Waals surface area contributed by atoms with Gasteiger partial charge in [0.05, 0.1) is 15.6 Å². The number of hydrogen-bond acceptors (Lipinski definition) is 4. The Morgan fingerprint density at radius 1 is 1.77 bits per heavy atom. The second-order valence-corrected chi connectivity index (χ2v) is 3.20. The van der Waals surface area contributed by atoms with Crippen molar-refractivity contribution in [3.63, 3.8) is 0 Å². The molecule has 0 bridgehead atoms. The van der Waals surface area contributed by atoms with Crippen molar-refractivity contribution < 1.29 is 14.1 Å². The molecule has 0 atom stereocenters. The van der Waals surface area contributed by atoms with Gasteiger partial charge in [0, 0.05) is 6.20 Å². The first-order valence-corrected chi connectivity index (χ1v) is 4.18. The Morgan fingerprint density at radius 3 is 2.85 bits per heavy atom. The summed E-state index contributed by atoms with van der Waals surface area (Å²) in [6.45, 7) is 0. The molecule has 0 aliphatic carbocycles. The van der Waals surface area contributed by atoms with E-state index >= 15 is 0 Å². The number of rotatable bonds is 2. The van der Waals surface area contributed by atoms with Crippen LogP contribution in [0.3, 0.4) is 0 Å². The van der Waals surface area contributed by atoms with Gasteiger partial charge in [-0.3, -0.25) is 10.1 Å². The number of methoxy groups -OCH3 is 1. The van der Waals surface area contributed by atoms with Crippen molar-refractivity contribution in [2.45, 2.75) is 0 Å². The highest BCUT2D eigenvalue weighted by Crippen LogP contribution is 2.29. The normalized spacial score (nSPS) is 9.77. The molecule has 0 saturated carbocycles. The number of nitrogens with zero attached hydrogens (tertiary/aromatic N) is 2. The molecular weight excluding hydrogens is 294 g/mol. The van der Waals surface area contributed by atoms with Gasteiger partial charge >= 0.3 is 5.69 Å². The summed E-state index contributed by atoms with van der Waals surface area (Å²) in [5.74, 6) is -1.24. The lowest BCUT2D eigenvalue weighted by molar-refractivity contribution is -0.388. The van der Waals surface area contributed by atoms with Crippen LogP contribution in [0.4, 0.5) is 10.1 Å². The summed E-state index contributed by atoms with van der Waals surface area (Å²) in [7, 11) is 1.20. The molecule has 1 heterocycles. The van der Waals surface area contributed by atoms with E-state index in [2.05, 4.69) is 9.72 Å². The minimum absolute atomic E-state index is 0.0881. The molecule has 1 aromatic heterocycles. The van der Waals surface area contributed by atoms with Crippen LogP contribution in [0.2, 0.25) is 0 Å². The summed E-state index contributed by atoms with van der Waals surface area (Å²) in [5, 5.41) is 10.4. The van der Waals surface area contributed by atoms with Crippen LogP contribution >= 0.6 is 22.6 Å². The van der Waals surface area contributed by atoms with E-state index in [-0.39, 0.29) is 9.45 Å². The Hall–Kier alpha value is -0.990. The number of aromatic nitrogens is 1. The molecule has 5 nitrogen and oxygen atoms in total. The van der Waals surface area contributed by atoms with E-state index in [0.717, 1.165) is 0 Å². The van der Waals surface area contributed by atoms with Gasteiger partial charge in [-0.2, -0.15) is 4.39 Å². The van der Waals surface area contributed by atoms with E-state index in [1.54, 1.807) is 22.6 Å². The standard InChI is InChI=1S/C6H4FIN2O3/c1-13-6-5(10(11)12)4(7)3(8)2-9-6/h2H,1H3. The Bertz CT molecular complexity index is 358. The highest BCUT2D eigenvalue weighted by molar-refractivity contribution is 14.1. The lowest BCUT2D eigenvalue weighted by atomic mass is 10.4. The first-order valence-electron chi connectivity index (χ1n) is 3.10. The summed E-state index contributed by atoms with van der Waals surface area (Å²) < 4.78 is 17.8. The van der Waals surface area contributed by atoms with Gasteiger partial charge in [-0.1, -0.05) is 0 Å². The van der Waals surface area contributed by atoms with Crippen LogP contribution in [-0.2, 0) is 0 Å². The van der Waals surface area contributed by atoms with Crippen molar-refractivity contribution in [2.75, 3.05) is 7.11 Å². The van der Waals surface area contributed by atoms with Gasteiger partial charge in [0.2, 0.25) is 5.82 Å². The first-order chi connectivity index (χ1) is 6.07. The largest absolute Gasteiger partial charge is 0.476 e. The molecule has 0 radical (unpaired) electrons. The van der Waals surface area contributed by atoms with Gasteiger partial charge in [-0.05, 0) is 22.6 Å². The third kappa shape index (κ3) is 1.85. The van der Waals surface area contributed by atoms with Gasteiger partial charge in [0.1, 0.15) is 0 Å². The second kappa shape index (κ2) is 3.81. The number of ether oxygens (including phenoxy) is 1. The van der Waals surface area contributed by atoms with Crippen molar-refractivity contribution in [2.24, 2.45) is 0 Å². The van der Waals surface area contributed by atoms with Gasteiger partial charge in [0.25, 0.3) is 5.88 Å². The number of pyridine rings is 1. The van der Waals surface area contributed by atoms with Crippen LogP contribution < -0.4 is 4.74 Å². The Balaban J connectivity index is 3.41. The summed E-state index contributed by atoms with van der Waals surface area (Å²) in [4.78, 5) is 13.1. The molecule has 0 aromatic carbocycles. The third-order valence-corrected chi connectivity index (χ3v) is 2.04. The van der Waals surface area contributed by atoms with Crippen LogP contribution in [0.25, 0.3) is 0 Å². The molecule has 0 unspecified atom stereocenters. The molecule has 0 aliphatic rings. The Kier molecular flexibility index (Phi) is 2.96. The van der Waals surface area contributed by atoms with Crippen molar-refractivity contribution in [3.8, 4) is 5.88 Å². The van der Waals surface area contributed by atoms with Crippen molar-refractivity contribution >= 4 is 28.3 Å². The predicted octanol–water partition coefficient (Wildman–Crippen LogP) is 1.74. The van der Waals surface area contributed by atoms with Crippen LogP contribution in [0.15, 0.2) is 6.20 Å².